The third kappa shape index (κ3) is 1.68. The van der Waals surface area contributed by atoms with E-state index in [1.165, 1.54) is 6.20 Å². The molecular formula is C5H9ClN2O. The highest BCUT2D eigenvalue weighted by molar-refractivity contribution is 6.23. The maximum Gasteiger partial charge on any atom is 0.200 e. The van der Waals surface area contributed by atoms with Gasteiger partial charge in [0.2, 0.25) is 5.88 Å². The molecule has 3 N–H and O–H groups in total. The second kappa shape index (κ2) is 1.99. The first-order valence-electron chi connectivity index (χ1n) is 2.70. The lowest BCUT2D eigenvalue weighted by Crippen LogP contribution is -2.47. The summed E-state index contributed by atoms with van der Waals surface area (Å²) in [5, 5.41) is 14.3. The second-order valence-corrected chi connectivity index (χ2v) is 3.06. The highest BCUT2D eigenvalue weighted by atomic mass is 35.5. The molecule has 0 saturated carbocycles. The summed E-state index contributed by atoms with van der Waals surface area (Å²) in [6.45, 7) is 2.35. The zero-order chi connectivity index (χ0) is 6.91. The minimum absolute atomic E-state index is 0.133. The third-order valence-corrected chi connectivity index (χ3v) is 1.35. The first kappa shape index (κ1) is 6.55. The van der Waals surface area contributed by atoms with Crippen molar-refractivity contribution in [1.29, 1.82) is 0 Å². The fraction of sp³-hybridized carbons (Fsp3) is 0.600. The number of hydrogen-bond acceptors (Lipinski definition) is 3. The molecule has 0 spiro atoms. The number of nitrogens with one attached hydrogen (secondary N) is 2. The van der Waals surface area contributed by atoms with Gasteiger partial charge in [-0.3, -0.25) is 0 Å². The van der Waals surface area contributed by atoms with Crippen LogP contribution in [0.3, 0.4) is 0 Å². The van der Waals surface area contributed by atoms with Crippen molar-refractivity contribution in [3.05, 3.63) is 12.1 Å². The number of halogens is 1. The normalized spacial score (nSPS) is 34.2. The van der Waals surface area contributed by atoms with E-state index in [0.29, 0.717) is 6.54 Å². The van der Waals surface area contributed by atoms with Crippen LogP contribution >= 0.6 is 11.6 Å². The topological polar surface area (TPSA) is 44.3 Å². The summed E-state index contributed by atoms with van der Waals surface area (Å²) in [5.41, 5.74) is 0. The van der Waals surface area contributed by atoms with E-state index >= 15 is 0 Å². The summed E-state index contributed by atoms with van der Waals surface area (Å²) in [7, 11) is 0. The molecule has 9 heavy (non-hydrogen) atoms. The van der Waals surface area contributed by atoms with Crippen LogP contribution in [-0.4, -0.2) is 16.6 Å². The Morgan fingerprint density at radius 3 is 2.89 bits per heavy atom. The predicted octanol–water partition coefficient (Wildman–Crippen LogP) is 0.491. The van der Waals surface area contributed by atoms with Crippen LogP contribution in [0.4, 0.5) is 0 Å². The molecule has 0 aromatic heterocycles. The molecular weight excluding hydrogens is 140 g/mol. The first-order chi connectivity index (χ1) is 4.10. The Kier molecular flexibility index (Phi) is 1.45. The maximum atomic E-state index is 8.77. The van der Waals surface area contributed by atoms with Crippen molar-refractivity contribution in [1.82, 2.24) is 10.6 Å². The lowest BCUT2D eigenvalue weighted by molar-refractivity contribution is 0.323. The van der Waals surface area contributed by atoms with Crippen LogP contribution in [0.2, 0.25) is 0 Å². The molecule has 0 amide bonds. The summed E-state index contributed by atoms with van der Waals surface area (Å²) in [5.74, 6) is 0.133. The zero-order valence-corrected chi connectivity index (χ0v) is 5.87. The van der Waals surface area contributed by atoms with E-state index in [2.05, 4.69) is 10.6 Å². The van der Waals surface area contributed by atoms with Gasteiger partial charge in [-0.1, -0.05) is 11.6 Å². The van der Waals surface area contributed by atoms with E-state index in [9.17, 15) is 0 Å². The number of hydrogen-bond donors (Lipinski definition) is 3. The lowest BCUT2D eigenvalue weighted by atomic mass is 10.3. The van der Waals surface area contributed by atoms with Gasteiger partial charge in [-0.2, -0.15) is 0 Å². The molecule has 0 bridgehead atoms. The molecule has 52 valence electrons. The van der Waals surface area contributed by atoms with Crippen LogP contribution in [0.1, 0.15) is 6.92 Å². The van der Waals surface area contributed by atoms with E-state index in [4.69, 9.17) is 16.7 Å². The molecule has 1 aliphatic heterocycles. The van der Waals surface area contributed by atoms with Gasteiger partial charge in [0, 0.05) is 0 Å². The van der Waals surface area contributed by atoms with Crippen molar-refractivity contribution in [2.24, 2.45) is 0 Å². The molecule has 1 rings (SSSR count). The number of aliphatic hydroxyl groups excluding tert-OH is 1. The predicted molar refractivity (Wildman–Crippen MR) is 36.1 cm³/mol. The Labute approximate surface area is 58.7 Å². The lowest BCUT2D eigenvalue weighted by Gasteiger charge is -2.27. The number of aliphatic hydroxyl groups is 1. The summed E-state index contributed by atoms with van der Waals surface area (Å²) in [4.78, 5) is -0.466. The van der Waals surface area contributed by atoms with Gasteiger partial charge in [0.25, 0.3) is 0 Å². The molecule has 0 aliphatic carbocycles. The molecule has 0 radical (unpaired) electrons. The van der Waals surface area contributed by atoms with Crippen LogP contribution < -0.4 is 10.6 Å². The molecule has 0 aromatic rings. The Balaban J connectivity index is 2.56. The van der Waals surface area contributed by atoms with Crippen LogP contribution in [0.15, 0.2) is 12.1 Å². The minimum Gasteiger partial charge on any atom is -0.494 e. The molecule has 1 unspecified atom stereocenters. The average Bonchev–Trinajstić information content (AvgIpc) is 1.78. The molecule has 0 fully saturated rings. The monoisotopic (exact) mass is 148 g/mol. The minimum atomic E-state index is -0.466. The van der Waals surface area contributed by atoms with Crippen molar-refractivity contribution in [2.45, 2.75) is 11.9 Å². The van der Waals surface area contributed by atoms with E-state index in [0.717, 1.165) is 0 Å². The largest absolute Gasteiger partial charge is 0.494 e. The second-order valence-electron chi connectivity index (χ2n) is 2.22. The molecule has 1 heterocycles. The Hall–Kier alpha value is -0.570. The highest BCUT2D eigenvalue weighted by Gasteiger charge is 2.21. The van der Waals surface area contributed by atoms with Gasteiger partial charge in [-0.15, -0.1) is 0 Å². The van der Waals surface area contributed by atoms with Crippen LogP contribution in [0.5, 0.6) is 0 Å². The molecule has 0 aromatic carbocycles. The van der Waals surface area contributed by atoms with Crippen molar-refractivity contribution in [2.75, 3.05) is 6.54 Å². The van der Waals surface area contributed by atoms with Crippen molar-refractivity contribution < 1.29 is 5.11 Å². The van der Waals surface area contributed by atoms with Gasteiger partial charge in [-0.05, 0) is 6.92 Å². The highest BCUT2D eigenvalue weighted by Crippen LogP contribution is 2.11. The number of rotatable bonds is 0. The van der Waals surface area contributed by atoms with Gasteiger partial charge in [0.15, 0.2) is 0 Å². The fourth-order valence-corrected chi connectivity index (χ4v) is 0.699. The van der Waals surface area contributed by atoms with E-state index in [1.54, 1.807) is 0 Å². The van der Waals surface area contributed by atoms with Gasteiger partial charge in [-0.25, -0.2) is 0 Å². The zero-order valence-electron chi connectivity index (χ0n) is 5.11. The molecule has 1 atom stereocenters. The van der Waals surface area contributed by atoms with Gasteiger partial charge < -0.3 is 15.7 Å². The van der Waals surface area contributed by atoms with Crippen molar-refractivity contribution >= 4 is 11.6 Å². The van der Waals surface area contributed by atoms with E-state index in [-0.39, 0.29) is 5.88 Å². The third-order valence-electron chi connectivity index (χ3n) is 1.11. The summed E-state index contributed by atoms with van der Waals surface area (Å²) in [6, 6.07) is 0. The Morgan fingerprint density at radius 1 is 1.89 bits per heavy atom. The molecule has 1 aliphatic rings. The first-order valence-corrected chi connectivity index (χ1v) is 3.08. The summed E-state index contributed by atoms with van der Waals surface area (Å²) >= 11 is 5.81. The van der Waals surface area contributed by atoms with E-state index in [1.807, 2.05) is 6.92 Å². The standard InChI is InChI=1S/C5H9ClN2O/c1-5(6)3-7-4(9)2-8-5/h2,7-9H,3H2,1H3. The van der Waals surface area contributed by atoms with E-state index < -0.39 is 5.00 Å². The summed E-state index contributed by atoms with van der Waals surface area (Å²) in [6.07, 6.45) is 1.44. The van der Waals surface area contributed by atoms with Gasteiger partial charge in [0.05, 0.1) is 12.7 Å². The van der Waals surface area contributed by atoms with Crippen LogP contribution in [0, 0.1) is 0 Å². The van der Waals surface area contributed by atoms with Crippen molar-refractivity contribution in [3.63, 3.8) is 0 Å². The fourth-order valence-electron chi connectivity index (χ4n) is 0.577. The van der Waals surface area contributed by atoms with Gasteiger partial charge in [0.1, 0.15) is 5.00 Å². The molecule has 3 nitrogen and oxygen atoms in total. The Morgan fingerprint density at radius 2 is 2.56 bits per heavy atom. The van der Waals surface area contributed by atoms with Crippen LogP contribution in [0.25, 0.3) is 0 Å². The SMILES string of the molecule is CC1(Cl)CNC(O)=CN1. The Bertz CT molecular complexity index is 144. The summed E-state index contributed by atoms with van der Waals surface area (Å²) < 4.78 is 0. The van der Waals surface area contributed by atoms with Crippen molar-refractivity contribution in [3.8, 4) is 0 Å². The number of alkyl halides is 1. The maximum absolute atomic E-state index is 8.77. The quantitative estimate of drug-likeness (QED) is 0.346. The smallest absolute Gasteiger partial charge is 0.200 e. The van der Waals surface area contributed by atoms with Gasteiger partial charge >= 0.3 is 0 Å². The van der Waals surface area contributed by atoms with Crippen LogP contribution in [-0.2, 0) is 0 Å². The molecule has 0 saturated heterocycles. The molecule has 4 heteroatoms. The average molecular weight is 149 g/mol.